The number of hydrogen-bond donors (Lipinski definition) is 2. The molecular formula is C35H33N5O4. The molecule has 0 aromatic heterocycles. The molecule has 44 heavy (non-hydrogen) atoms. The highest BCUT2D eigenvalue weighted by molar-refractivity contribution is 6.15. The summed E-state index contributed by atoms with van der Waals surface area (Å²) in [5, 5.41) is 5.73. The van der Waals surface area contributed by atoms with Gasteiger partial charge < -0.3 is 25.2 Å². The summed E-state index contributed by atoms with van der Waals surface area (Å²) in [6.45, 7) is 4.07. The molecule has 2 heterocycles. The van der Waals surface area contributed by atoms with Crippen molar-refractivity contribution in [2.45, 2.75) is 5.92 Å². The molecule has 9 heteroatoms. The van der Waals surface area contributed by atoms with Gasteiger partial charge in [0.15, 0.2) is 5.78 Å². The van der Waals surface area contributed by atoms with Gasteiger partial charge in [0.1, 0.15) is 11.7 Å². The number of aliphatic imine (C=N–C) groups is 1. The zero-order valence-corrected chi connectivity index (χ0v) is 24.6. The van der Waals surface area contributed by atoms with E-state index >= 15 is 0 Å². The van der Waals surface area contributed by atoms with Crippen LogP contribution in [0.25, 0.3) is 0 Å². The topological polar surface area (TPSA) is 103 Å². The van der Waals surface area contributed by atoms with Crippen molar-refractivity contribution >= 4 is 46.6 Å². The van der Waals surface area contributed by atoms with E-state index in [0.717, 1.165) is 37.4 Å². The largest absolute Gasteiger partial charge is 0.496 e. The van der Waals surface area contributed by atoms with Crippen LogP contribution in [-0.2, 0) is 4.79 Å². The molecule has 0 radical (unpaired) electrons. The quantitative estimate of drug-likeness (QED) is 0.212. The molecule has 2 aliphatic rings. The van der Waals surface area contributed by atoms with E-state index in [1.807, 2.05) is 12.1 Å². The third-order valence-corrected chi connectivity index (χ3v) is 8.02. The van der Waals surface area contributed by atoms with Crippen LogP contribution in [0.5, 0.6) is 5.75 Å². The van der Waals surface area contributed by atoms with Gasteiger partial charge in [-0.1, -0.05) is 36.4 Å². The zero-order chi connectivity index (χ0) is 30.6. The van der Waals surface area contributed by atoms with Gasteiger partial charge in [0.2, 0.25) is 5.91 Å². The van der Waals surface area contributed by atoms with E-state index in [0.29, 0.717) is 33.8 Å². The number of likely N-dealkylation sites (N-methyl/N-ethyl adjacent to an activating group) is 1. The highest BCUT2D eigenvalue weighted by Crippen LogP contribution is 2.34. The predicted octanol–water partition coefficient (Wildman–Crippen LogP) is 5.37. The second-order valence-electron chi connectivity index (χ2n) is 10.9. The van der Waals surface area contributed by atoms with Crippen molar-refractivity contribution < 1.29 is 19.1 Å². The SMILES string of the molecule is COc1ccccc1C(=O)Nc1cccc(C(=O)c2ccc3c(c2)NC(=O)C3C=Nc2ccc(N3CCN(C)CC3)cc2)c1. The molecule has 2 N–H and O–H groups in total. The van der Waals surface area contributed by atoms with Crippen LogP contribution in [0, 0.1) is 0 Å². The molecule has 0 saturated carbocycles. The molecular weight excluding hydrogens is 554 g/mol. The van der Waals surface area contributed by atoms with Crippen LogP contribution in [0.2, 0.25) is 0 Å². The Kier molecular flexibility index (Phi) is 8.21. The second kappa shape index (κ2) is 12.5. The number of amides is 2. The van der Waals surface area contributed by atoms with Crippen molar-refractivity contribution in [2.24, 2.45) is 4.99 Å². The van der Waals surface area contributed by atoms with Gasteiger partial charge in [-0.05, 0) is 67.2 Å². The number of hydrogen-bond acceptors (Lipinski definition) is 7. The average Bonchev–Trinajstić information content (AvgIpc) is 3.37. The van der Waals surface area contributed by atoms with Crippen LogP contribution in [-0.4, -0.2) is 69.0 Å². The van der Waals surface area contributed by atoms with Crippen molar-refractivity contribution in [3.63, 3.8) is 0 Å². The van der Waals surface area contributed by atoms with Gasteiger partial charge in [0, 0.05) is 60.6 Å². The number of benzene rings is 4. The molecule has 2 aliphatic heterocycles. The predicted molar refractivity (Wildman–Crippen MR) is 173 cm³/mol. The van der Waals surface area contributed by atoms with Crippen LogP contribution in [0.15, 0.2) is 96.0 Å². The maximum Gasteiger partial charge on any atom is 0.259 e. The smallest absolute Gasteiger partial charge is 0.259 e. The number of methoxy groups -OCH3 is 1. The summed E-state index contributed by atoms with van der Waals surface area (Å²) in [6, 6.07) is 26.9. The Morgan fingerprint density at radius 1 is 0.909 bits per heavy atom. The summed E-state index contributed by atoms with van der Waals surface area (Å²) in [6.07, 6.45) is 1.65. The Morgan fingerprint density at radius 2 is 1.66 bits per heavy atom. The molecule has 9 nitrogen and oxygen atoms in total. The summed E-state index contributed by atoms with van der Waals surface area (Å²) in [7, 11) is 3.64. The molecule has 4 aromatic carbocycles. The molecule has 1 atom stereocenters. The fraction of sp³-hybridized carbons (Fsp3) is 0.200. The van der Waals surface area contributed by atoms with E-state index in [1.165, 1.54) is 12.8 Å². The zero-order valence-electron chi connectivity index (χ0n) is 24.6. The van der Waals surface area contributed by atoms with Gasteiger partial charge in [-0.15, -0.1) is 0 Å². The second-order valence-corrected chi connectivity index (χ2v) is 10.9. The number of fused-ring (bicyclic) bond motifs is 1. The Labute approximate surface area is 256 Å². The highest BCUT2D eigenvalue weighted by Gasteiger charge is 2.30. The van der Waals surface area contributed by atoms with E-state index in [1.54, 1.807) is 72.9 Å². The number of nitrogens with one attached hydrogen (secondary N) is 2. The van der Waals surface area contributed by atoms with Crippen molar-refractivity contribution in [3.8, 4) is 5.75 Å². The van der Waals surface area contributed by atoms with Crippen LogP contribution in [0.3, 0.4) is 0 Å². The van der Waals surface area contributed by atoms with E-state index < -0.39 is 5.92 Å². The highest BCUT2D eigenvalue weighted by atomic mass is 16.5. The Morgan fingerprint density at radius 3 is 2.43 bits per heavy atom. The molecule has 1 saturated heterocycles. The van der Waals surface area contributed by atoms with Crippen LogP contribution in [0.4, 0.5) is 22.7 Å². The number of piperazine rings is 1. The van der Waals surface area contributed by atoms with Crippen molar-refractivity contribution in [2.75, 3.05) is 55.9 Å². The molecule has 4 aromatic rings. The summed E-state index contributed by atoms with van der Waals surface area (Å²) in [5.74, 6) is -0.859. The number of rotatable bonds is 8. The molecule has 0 aliphatic carbocycles. The lowest BCUT2D eigenvalue weighted by Gasteiger charge is -2.34. The monoisotopic (exact) mass is 587 g/mol. The normalized spacial score (nSPS) is 16.5. The summed E-state index contributed by atoms with van der Waals surface area (Å²) in [4.78, 5) is 48.4. The maximum absolute atomic E-state index is 13.4. The third-order valence-electron chi connectivity index (χ3n) is 8.02. The molecule has 0 spiro atoms. The van der Waals surface area contributed by atoms with Gasteiger partial charge in [0.25, 0.3) is 5.91 Å². The lowest BCUT2D eigenvalue weighted by atomic mass is 9.97. The number of nitrogens with zero attached hydrogens (tertiary/aromatic N) is 3. The number of carbonyl (C=O) groups excluding carboxylic acids is 3. The molecule has 1 unspecified atom stereocenters. The van der Waals surface area contributed by atoms with E-state index in [9.17, 15) is 14.4 Å². The lowest BCUT2D eigenvalue weighted by Crippen LogP contribution is -2.44. The molecule has 6 rings (SSSR count). The third kappa shape index (κ3) is 6.09. The van der Waals surface area contributed by atoms with Gasteiger partial charge in [-0.25, -0.2) is 0 Å². The Hall–Kier alpha value is -5.28. The lowest BCUT2D eigenvalue weighted by molar-refractivity contribution is -0.115. The van der Waals surface area contributed by atoms with Gasteiger partial charge in [-0.2, -0.15) is 0 Å². The molecule has 222 valence electrons. The number of ketones is 1. The number of para-hydroxylation sites is 1. The number of carbonyl (C=O) groups is 3. The maximum atomic E-state index is 13.4. The van der Waals surface area contributed by atoms with E-state index in [4.69, 9.17) is 4.74 Å². The molecule has 0 bridgehead atoms. The first-order valence-corrected chi connectivity index (χ1v) is 14.5. The first kappa shape index (κ1) is 28.8. The van der Waals surface area contributed by atoms with Gasteiger partial charge in [0.05, 0.1) is 18.4 Å². The fourth-order valence-corrected chi connectivity index (χ4v) is 5.49. The van der Waals surface area contributed by atoms with Crippen LogP contribution < -0.4 is 20.3 Å². The standard InChI is InChI=1S/C35H33N5O4/c1-39-16-18-40(19-17-39)27-13-11-25(12-14-27)36-22-30-28-15-10-24(21-31(28)38-35(30)43)33(41)23-6-5-7-26(20-23)37-34(42)29-8-3-4-9-32(29)44-2/h3-15,20-22,30H,16-19H2,1-2H3,(H,37,42)(H,38,43). The average molecular weight is 588 g/mol. The van der Waals surface area contributed by atoms with Crippen molar-refractivity contribution in [1.29, 1.82) is 0 Å². The summed E-state index contributed by atoms with van der Waals surface area (Å²) in [5.41, 5.74) is 5.00. The summed E-state index contributed by atoms with van der Waals surface area (Å²) >= 11 is 0. The van der Waals surface area contributed by atoms with Gasteiger partial charge >= 0.3 is 0 Å². The summed E-state index contributed by atoms with van der Waals surface area (Å²) < 4.78 is 5.29. The Bertz CT molecular complexity index is 1740. The first-order chi connectivity index (χ1) is 21.4. The minimum absolute atomic E-state index is 0.191. The minimum Gasteiger partial charge on any atom is -0.496 e. The van der Waals surface area contributed by atoms with Crippen molar-refractivity contribution in [3.05, 3.63) is 113 Å². The number of anilines is 3. The van der Waals surface area contributed by atoms with Crippen LogP contribution >= 0.6 is 0 Å². The Balaban J connectivity index is 1.14. The molecule has 2 amide bonds. The first-order valence-electron chi connectivity index (χ1n) is 14.5. The number of ether oxygens (including phenoxy) is 1. The minimum atomic E-state index is -0.556. The van der Waals surface area contributed by atoms with E-state index in [2.05, 4.69) is 44.6 Å². The van der Waals surface area contributed by atoms with Gasteiger partial charge in [-0.3, -0.25) is 19.4 Å². The van der Waals surface area contributed by atoms with Crippen molar-refractivity contribution in [1.82, 2.24) is 4.90 Å². The van der Waals surface area contributed by atoms with E-state index in [-0.39, 0.29) is 17.6 Å². The fourth-order valence-electron chi connectivity index (χ4n) is 5.49. The molecule has 1 fully saturated rings. The van der Waals surface area contributed by atoms with Crippen LogP contribution in [0.1, 0.15) is 37.8 Å².